The fourth-order valence-electron chi connectivity index (χ4n) is 2.12. The first kappa shape index (κ1) is 10.3. The lowest BCUT2D eigenvalue weighted by Crippen LogP contribution is -2.09. The third-order valence-corrected chi connectivity index (χ3v) is 2.86. The molecule has 3 nitrogen and oxygen atoms in total. The van der Waals surface area contributed by atoms with Gasteiger partial charge >= 0.3 is 5.97 Å². The second-order valence-electron chi connectivity index (χ2n) is 4.18. The molecule has 1 aromatic heterocycles. The van der Waals surface area contributed by atoms with Crippen molar-refractivity contribution in [1.82, 2.24) is 4.57 Å². The van der Waals surface area contributed by atoms with Crippen molar-refractivity contribution in [2.45, 2.75) is 32.6 Å². The quantitative estimate of drug-likeness (QED) is 0.713. The summed E-state index contributed by atoms with van der Waals surface area (Å²) in [6.45, 7) is 4.25. The monoisotopic (exact) mass is 207 g/mol. The minimum Gasteiger partial charge on any atom is -0.462 e. The van der Waals surface area contributed by atoms with Crippen LogP contribution in [0.5, 0.6) is 0 Å². The number of nitrogens with zero attached hydrogens (tertiary/aromatic N) is 1. The first-order valence-electron chi connectivity index (χ1n) is 5.48. The number of rotatable bonds is 3. The highest BCUT2D eigenvalue weighted by atomic mass is 16.5. The molecule has 0 spiro atoms. The average Bonchev–Trinajstić information content (AvgIpc) is 2.93. The van der Waals surface area contributed by atoms with Crippen LogP contribution >= 0.6 is 0 Å². The van der Waals surface area contributed by atoms with E-state index >= 15 is 0 Å². The summed E-state index contributed by atoms with van der Waals surface area (Å²) in [4.78, 5) is 11.8. The van der Waals surface area contributed by atoms with Crippen LogP contribution < -0.4 is 0 Å². The molecule has 0 bridgehead atoms. The molecule has 1 fully saturated rings. The lowest BCUT2D eigenvalue weighted by molar-refractivity contribution is 0.0524. The molecule has 15 heavy (non-hydrogen) atoms. The molecule has 1 aliphatic carbocycles. The Balaban J connectivity index is 2.39. The lowest BCUT2D eigenvalue weighted by atomic mass is 10.1. The Bertz CT molecular complexity index is 389. The summed E-state index contributed by atoms with van der Waals surface area (Å²) >= 11 is 0. The molecule has 0 aliphatic heterocycles. The predicted molar refractivity (Wildman–Crippen MR) is 58.1 cm³/mol. The van der Waals surface area contributed by atoms with Crippen LogP contribution in [0.4, 0.5) is 0 Å². The largest absolute Gasteiger partial charge is 0.462 e. The molecule has 0 atom stereocenters. The van der Waals surface area contributed by atoms with Crippen LogP contribution in [-0.2, 0) is 11.8 Å². The number of aryl methyl sites for hydroxylation is 2. The third kappa shape index (κ3) is 1.78. The topological polar surface area (TPSA) is 31.2 Å². The molecule has 0 radical (unpaired) electrons. The van der Waals surface area contributed by atoms with E-state index in [-0.39, 0.29) is 5.97 Å². The molecular formula is C12H17NO2. The smallest absolute Gasteiger partial charge is 0.340 e. The van der Waals surface area contributed by atoms with Crippen molar-refractivity contribution in [3.63, 3.8) is 0 Å². The van der Waals surface area contributed by atoms with Gasteiger partial charge in [0, 0.05) is 24.9 Å². The first-order valence-corrected chi connectivity index (χ1v) is 5.48. The molecule has 1 aliphatic rings. The minimum absolute atomic E-state index is 0.169. The van der Waals surface area contributed by atoms with Gasteiger partial charge in [0.2, 0.25) is 0 Å². The summed E-state index contributed by atoms with van der Waals surface area (Å²) in [5, 5.41) is 0. The van der Waals surface area contributed by atoms with Crippen LogP contribution in [0.2, 0.25) is 0 Å². The van der Waals surface area contributed by atoms with Gasteiger partial charge in [0.1, 0.15) is 0 Å². The highest BCUT2D eigenvalue weighted by Crippen LogP contribution is 2.42. The van der Waals surface area contributed by atoms with E-state index < -0.39 is 0 Å². The van der Waals surface area contributed by atoms with Gasteiger partial charge in [0.05, 0.1) is 12.2 Å². The summed E-state index contributed by atoms with van der Waals surface area (Å²) in [6, 6.07) is 0. The number of hydrogen-bond acceptors (Lipinski definition) is 2. The minimum atomic E-state index is -0.169. The van der Waals surface area contributed by atoms with Crippen LogP contribution in [0.25, 0.3) is 0 Å². The number of hydrogen-bond donors (Lipinski definition) is 0. The molecule has 3 heteroatoms. The molecule has 0 saturated heterocycles. The van der Waals surface area contributed by atoms with Gasteiger partial charge in [-0.15, -0.1) is 0 Å². The van der Waals surface area contributed by atoms with Gasteiger partial charge < -0.3 is 9.30 Å². The fraction of sp³-hybridized carbons (Fsp3) is 0.583. The standard InChI is InChI=1S/C12H17NO2/c1-4-15-12(14)10-8(2)7-13(3)11(10)9-5-6-9/h7,9H,4-6H2,1-3H3. The number of carbonyl (C=O) groups excluding carboxylic acids is 1. The Morgan fingerprint density at radius 2 is 2.27 bits per heavy atom. The van der Waals surface area contributed by atoms with Crippen LogP contribution in [0.1, 0.15) is 47.3 Å². The number of ether oxygens (including phenoxy) is 1. The van der Waals surface area contributed by atoms with Gasteiger partial charge in [0.25, 0.3) is 0 Å². The van der Waals surface area contributed by atoms with E-state index in [4.69, 9.17) is 4.74 Å². The number of carbonyl (C=O) groups is 1. The molecule has 1 aromatic rings. The average molecular weight is 207 g/mol. The highest BCUT2D eigenvalue weighted by Gasteiger charge is 2.32. The second-order valence-corrected chi connectivity index (χ2v) is 4.18. The van der Waals surface area contributed by atoms with Gasteiger partial charge in [0.15, 0.2) is 0 Å². The Kier molecular flexibility index (Phi) is 2.55. The number of aromatic nitrogens is 1. The zero-order chi connectivity index (χ0) is 11.0. The molecule has 0 unspecified atom stereocenters. The Morgan fingerprint density at radius 3 is 2.80 bits per heavy atom. The zero-order valence-corrected chi connectivity index (χ0v) is 9.54. The second kappa shape index (κ2) is 3.72. The summed E-state index contributed by atoms with van der Waals surface area (Å²) in [5.41, 5.74) is 2.98. The summed E-state index contributed by atoms with van der Waals surface area (Å²) in [7, 11) is 2.00. The van der Waals surface area contributed by atoms with Crippen molar-refractivity contribution in [2.75, 3.05) is 6.61 Å². The molecule has 2 rings (SSSR count). The predicted octanol–water partition coefficient (Wildman–Crippen LogP) is 2.39. The van der Waals surface area contributed by atoms with Crippen molar-refractivity contribution in [3.05, 3.63) is 23.0 Å². The van der Waals surface area contributed by atoms with E-state index in [1.165, 1.54) is 12.8 Å². The SMILES string of the molecule is CCOC(=O)c1c(C)cn(C)c1C1CC1. The molecule has 0 amide bonds. The van der Waals surface area contributed by atoms with Crippen LogP contribution in [0.15, 0.2) is 6.20 Å². The maximum atomic E-state index is 11.8. The third-order valence-electron chi connectivity index (χ3n) is 2.86. The van der Waals surface area contributed by atoms with Crippen LogP contribution in [0.3, 0.4) is 0 Å². The van der Waals surface area contributed by atoms with Crippen molar-refractivity contribution in [1.29, 1.82) is 0 Å². The maximum absolute atomic E-state index is 11.8. The Hall–Kier alpha value is -1.25. The van der Waals surface area contributed by atoms with Crippen LogP contribution in [-0.4, -0.2) is 17.1 Å². The number of esters is 1. The lowest BCUT2D eigenvalue weighted by Gasteiger charge is -2.06. The molecular weight excluding hydrogens is 190 g/mol. The molecule has 0 aromatic carbocycles. The normalized spacial score (nSPS) is 15.4. The molecule has 82 valence electrons. The molecule has 1 heterocycles. The van der Waals surface area contributed by atoms with Crippen molar-refractivity contribution in [2.24, 2.45) is 7.05 Å². The van der Waals surface area contributed by atoms with Gasteiger partial charge in [-0.2, -0.15) is 0 Å². The van der Waals surface area contributed by atoms with Crippen molar-refractivity contribution < 1.29 is 9.53 Å². The summed E-state index contributed by atoms with van der Waals surface area (Å²) < 4.78 is 7.16. The maximum Gasteiger partial charge on any atom is 0.340 e. The fourth-order valence-corrected chi connectivity index (χ4v) is 2.12. The van der Waals surface area contributed by atoms with E-state index in [0.717, 1.165) is 16.8 Å². The molecule has 1 saturated carbocycles. The van der Waals surface area contributed by atoms with Crippen molar-refractivity contribution in [3.8, 4) is 0 Å². The van der Waals surface area contributed by atoms with Crippen LogP contribution in [0, 0.1) is 6.92 Å². The van der Waals surface area contributed by atoms with E-state index in [1.807, 2.05) is 27.1 Å². The highest BCUT2D eigenvalue weighted by molar-refractivity contribution is 5.93. The van der Waals surface area contributed by atoms with E-state index in [2.05, 4.69) is 4.57 Å². The molecule has 0 N–H and O–H groups in total. The van der Waals surface area contributed by atoms with Gasteiger partial charge in [-0.05, 0) is 32.3 Å². The summed E-state index contributed by atoms with van der Waals surface area (Å²) in [5.74, 6) is 0.403. The Morgan fingerprint density at radius 1 is 1.60 bits per heavy atom. The van der Waals surface area contributed by atoms with Crippen molar-refractivity contribution >= 4 is 5.97 Å². The van der Waals surface area contributed by atoms with Gasteiger partial charge in [-0.25, -0.2) is 4.79 Å². The van der Waals surface area contributed by atoms with E-state index in [9.17, 15) is 4.79 Å². The summed E-state index contributed by atoms with van der Waals surface area (Å²) in [6.07, 6.45) is 4.41. The van der Waals surface area contributed by atoms with Gasteiger partial charge in [-0.1, -0.05) is 0 Å². The Labute approximate surface area is 90.0 Å². The van der Waals surface area contributed by atoms with Gasteiger partial charge in [-0.3, -0.25) is 0 Å². The van der Waals surface area contributed by atoms with E-state index in [1.54, 1.807) is 0 Å². The first-order chi connectivity index (χ1) is 7.15. The zero-order valence-electron chi connectivity index (χ0n) is 9.54. The van der Waals surface area contributed by atoms with E-state index in [0.29, 0.717) is 12.5 Å².